The molecule has 0 radical (unpaired) electrons. The quantitative estimate of drug-likeness (QED) is 0.173. The Morgan fingerprint density at radius 2 is 1.55 bits per heavy atom. The molecule has 0 fully saturated rings. The number of hydrogen-bond acceptors (Lipinski definition) is 6. The molecule has 0 heterocycles. The van der Waals surface area contributed by atoms with Crippen LogP contribution >= 0.6 is 0 Å². The zero-order valence-electron chi connectivity index (χ0n) is 22.4. The second-order valence-electron chi connectivity index (χ2n) is 8.88. The number of nitrogens with zero attached hydrogens (tertiary/aromatic N) is 2. The molecule has 4 aromatic carbocycles. The van der Waals surface area contributed by atoms with Gasteiger partial charge >= 0.3 is 0 Å². The Kier molecular flexibility index (Phi) is 9.53. The van der Waals surface area contributed by atoms with Gasteiger partial charge in [0.15, 0.2) is 0 Å². The summed E-state index contributed by atoms with van der Waals surface area (Å²) in [6.45, 7) is 6.17. The minimum Gasteiger partial charge on any atom is -0.494 e. The molecular formula is C31H32N4O4S. The number of sulfonamides is 1. The lowest BCUT2D eigenvalue weighted by molar-refractivity contribution is 0.0955. The highest BCUT2D eigenvalue weighted by Gasteiger charge is 2.15. The van der Waals surface area contributed by atoms with Gasteiger partial charge in [0, 0.05) is 30.0 Å². The largest absolute Gasteiger partial charge is 0.494 e. The zero-order chi connectivity index (χ0) is 28.4. The first-order chi connectivity index (χ1) is 19.4. The normalized spacial score (nSPS) is 11.2. The van der Waals surface area contributed by atoms with E-state index in [1.165, 1.54) is 42.0 Å². The maximum Gasteiger partial charge on any atom is 0.271 e. The fraction of sp³-hybridized carbons (Fsp3) is 0.161. The van der Waals surface area contributed by atoms with Crippen molar-refractivity contribution in [2.24, 2.45) is 5.10 Å². The van der Waals surface area contributed by atoms with Gasteiger partial charge in [-0.05, 0) is 85.6 Å². The Bertz CT molecular complexity index is 1520. The van der Waals surface area contributed by atoms with E-state index in [1.807, 2.05) is 49.4 Å². The number of anilines is 2. The molecule has 4 aromatic rings. The lowest BCUT2D eigenvalue weighted by atomic mass is 10.1. The Balaban J connectivity index is 1.31. The summed E-state index contributed by atoms with van der Waals surface area (Å²) < 4.78 is 33.2. The SMILES string of the molecule is CCOc1ccc(S(=O)(=O)Nc2ccc(C(=O)NN=Cc3ccc(N(CC)Cc4ccccc4)cc3)cc2)cc1. The van der Waals surface area contributed by atoms with Crippen molar-refractivity contribution in [2.75, 3.05) is 22.8 Å². The number of amides is 1. The first-order valence-corrected chi connectivity index (χ1v) is 14.4. The second kappa shape index (κ2) is 13.4. The van der Waals surface area contributed by atoms with Crippen LogP contribution < -0.4 is 19.8 Å². The highest BCUT2D eigenvalue weighted by atomic mass is 32.2. The number of hydrogen-bond donors (Lipinski definition) is 2. The third-order valence-electron chi connectivity index (χ3n) is 6.08. The predicted molar refractivity (Wildman–Crippen MR) is 160 cm³/mol. The molecule has 0 bridgehead atoms. The van der Waals surface area contributed by atoms with Crippen LogP contribution in [-0.4, -0.2) is 33.7 Å². The molecule has 0 aliphatic heterocycles. The molecule has 0 unspecified atom stereocenters. The van der Waals surface area contributed by atoms with Crippen LogP contribution in [0.5, 0.6) is 5.75 Å². The first-order valence-electron chi connectivity index (χ1n) is 13.0. The predicted octanol–water partition coefficient (Wildman–Crippen LogP) is 5.68. The number of nitrogens with one attached hydrogen (secondary N) is 2. The second-order valence-corrected chi connectivity index (χ2v) is 10.6. The monoisotopic (exact) mass is 556 g/mol. The van der Waals surface area contributed by atoms with Crippen molar-refractivity contribution in [3.8, 4) is 5.75 Å². The molecule has 0 atom stereocenters. The number of ether oxygens (including phenoxy) is 1. The van der Waals surface area contributed by atoms with Crippen molar-refractivity contribution in [3.05, 3.63) is 120 Å². The fourth-order valence-electron chi connectivity index (χ4n) is 3.98. The molecule has 0 saturated heterocycles. The van der Waals surface area contributed by atoms with E-state index in [9.17, 15) is 13.2 Å². The van der Waals surface area contributed by atoms with Crippen LogP contribution in [0.2, 0.25) is 0 Å². The van der Waals surface area contributed by atoms with E-state index in [4.69, 9.17) is 4.74 Å². The van der Waals surface area contributed by atoms with Crippen LogP contribution in [0.25, 0.3) is 0 Å². The van der Waals surface area contributed by atoms with Gasteiger partial charge < -0.3 is 9.64 Å². The maximum atomic E-state index is 12.7. The van der Waals surface area contributed by atoms with Crippen molar-refractivity contribution >= 4 is 33.5 Å². The average molecular weight is 557 g/mol. The van der Waals surface area contributed by atoms with E-state index >= 15 is 0 Å². The third-order valence-corrected chi connectivity index (χ3v) is 7.48. The van der Waals surface area contributed by atoms with Crippen LogP contribution in [0.1, 0.15) is 35.3 Å². The smallest absolute Gasteiger partial charge is 0.271 e. The van der Waals surface area contributed by atoms with Crippen molar-refractivity contribution in [2.45, 2.75) is 25.3 Å². The van der Waals surface area contributed by atoms with E-state index in [2.05, 4.69) is 39.2 Å². The fourth-order valence-corrected chi connectivity index (χ4v) is 5.03. The minimum atomic E-state index is -3.78. The van der Waals surface area contributed by atoms with E-state index in [0.29, 0.717) is 23.6 Å². The van der Waals surface area contributed by atoms with Crippen LogP contribution in [0.15, 0.2) is 113 Å². The van der Waals surface area contributed by atoms with Crippen molar-refractivity contribution in [3.63, 3.8) is 0 Å². The topological polar surface area (TPSA) is 100 Å². The van der Waals surface area contributed by atoms with Crippen molar-refractivity contribution < 1.29 is 17.9 Å². The first kappa shape index (κ1) is 28.4. The maximum absolute atomic E-state index is 12.7. The summed E-state index contributed by atoms with van der Waals surface area (Å²) in [5, 5.41) is 4.06. The van der Waals surface area contributed by atoms with Crippen LogP contribution in [0.3, 0.4) is 0 Å². The van der Waals surface area contributed by atoms with Crippen LogP contribution in [0.4, 0.5) is 11.4 Å². The number of hydrazone groups is 1. The molecule has 4 rings (SSSR count). The lowest BCUT2D eigenvalue weighted by Crippen LogP contribution is -2.21. The Labute approximate surface area is 235 Å². The molecular weight excluding hydrogens is 524 g/mol. The number of carbonyl (C=O) groups excluding carboxylic acids is 1. The van der Waals surface area contributed by atoms with Gasteiger partial charge in [0.05, 0.1) is 17.7 Å². The van der Waals surface area contributed by atoms with E-state index in [-0.39, 0.29) is 4.90 Å². The Hall–Kier alpha value is -4.63. The highest BCUT2D eigenvalue weighted by Crippen LogP contribution is 2.20. The molecule has 40 heavy (non-hydrogen) atoms. The molecule has 0 aromatic heterocycles. The third kappa shape index (κ3) is 7.70. The summed E-state index contributed by atoms with van der Waals surface area (Å²) >= 11 is 0. The van der Waals surface area contributed by atoms with Gasteiger partial charge in [0.1, 0.15) is 5.75 Å². The van der Waals surface area contributed by atoms with Gasteiger partial charge in [-0.1, -0.05) is 42.5 Å². The van der Waals surface area contributed by atoms with Gasteiger partial charge in [0.2, 0.25) is 0 Å². The van der Waals surface area contributed by atoms with Gasteiger partial charge in [0.25, 0.3) is 15.9 Å². The van der Waals surface area contributed by atoms with Gasteiger partial charge in [-0.25, -0.2) is 13.8 Å². The minimum absolute atomic E-state index is 0.110. The Morgan fingerprint density at radius 1 is 0.875 bits per heavy atom. The summed E-state index contributed by atoms with van der Waals surface area (Å²) in [6, 6.07) is 30.5. The summed E-state index contributed by atoms with van der Waals surface area (Å²) in [4.78, 5) is 14.9. The Morgan fingerprint density at radius 3 is 2.17 bits per heavy atom. The molecule has 206 valence electrons. The molecule has 2 N–H and O–H groups in total. The van der Waals surface area contributed by atoms with E-state index in [0.717, 1.165) is 24.3 Å². The number of rotatable bonds is 12. The number of carbonyl (C=O) groups is 1. The zero-order valence-corrected chi connectivity index (χ0v) is 23.3. The van der Waals surface area contributed by atoms with E-state index in [1.54, 1.807) is 18.3 Å². The van der Waals surface area contributed by atoms with E-state index < -0.39 is 15.9 Å². The summed E-state index contributed by atoms with van der Waals surface area (Å²) in [5.74, 6) is 0.187. The van der Waals surface area contributed by atoms with Gasteiger partial charge in [-0.3, -0.25) is 9.52 Å². The summed E-state index contributed by atoms with van der Waals surface area (Å²) in [7, 11) is -3.78. The summed E-state index contributed by atoms with van der Waals surface area (Å²) in [5.41, 5.74) is 6.38. The van der Waals surface area contributed by atoms with Gasteiger partial charge in [-0.15, -0.1) is 0 Å². The lowest BCUT2D eigenvalue weighted by Gasteiger charge is -2.23. The van der Waals surface area contributed by atoms with Gasteiger partial charge in [-0.2, -0.15) is 5.10 Å². The highest BCUT2D eigenvalue weighted by molar-refractivity contribution is 7.92. The molecule has 1 amide bonds. The van der Waals surface area contributed by atoms with Crippen LogP contribution in [0, 0.1) is 0 Å². The molecule has 0 aliphatic rings. The number of benzene rings is 4. The molecule has 8 nitrogen and oxygen atoms in total. The van der Waals surface area contributed by atoms with Crippen LogP contribution in [-0.2, 0) is 16.6 Å². The molecule has 9 heteroatoms. The average Bonchev–Trinajstić information content (AvgIpc) is 2.97. The van der Waals surface area contributed by atoms with Crippen molar-refractivity contribution in [1.82, 2.24) is 5.43 Å². The molecule has 0 saturated carbocycles. The molecule has 0 spiro atoms. The molecule has 0 aliphatic carbocycles. The summed E-state index contributed by atoms with van der Waals surface area (Å²) in [6.07, 6.45) is 1.58. The standard InChI is InChI=1S/C31H32N4O4S/c1-3-35(23-25-8-6-5-7-9-25)28-16-10-24(11-17-28)22-32-33-31(36)26-12-14-27(15-13-26)34-40(37,38)30-20-18-29(19-21-30)39-4-2/h5-22,34H,3-4,23H2,1-2H3,(H,33,36). The van der Waals surface area contributed by atoms with Crippen molar-refractivity contribution in [1.29, 1.82) is 0 Å².